The summed E-state index contributed by atoms with van der Waals surface area (Å²) in [5.41, 5.74) is 2.08. The van der Waals surface area contributed by atoms with E-state index in [1.165, 1.54) is 6.26 Å². The van der Waals surface area contributed by atoms with Crippen molar-refractivity contribution in [2.24, 2.45) is 0 Å². The predicted molar refractivity (Wildman–Crippen MR) is 62.4 cm³/mol. The number of likely N-dealkylation sites (N-methyl/N-ethyl adjacent to an activating group) is 1. The van der Waals surface area contributed by atoms with Crippen LogP contribution in [0.5, 0.6) is 0 Å². The molecule has 18 heavy (non-hydrogen) atoms. The van der Waals surface area contributed by atoms with Gasteiger partial charge in [0.15, 0.2) is 0 Å². The molecule has 0 saturated heterocycles. The van der Waals surface area contributed by atoms with Crippen molar-refractivity contribution >= 4 is 11.9 Å². The molecule has 0 aliphatic carbocycles. The van der Waals surface area contributed by atoms with Crippen molar-refractivity contribution in [3.63, 3.8) is 0 Å². The van der Waals surface area contributed by atoms with E-state index >= 15 is 0 Å². The van der Waals surface area contributed by atoms with Gasteiger partial charge in [0.05, 0.1) is 36.4 Å². The molecule has 6 nitrogen and oxygen atoms in total. The number of urea groups is 1. The fourth-order valence-electron chi connectivity index (χ4n) is 2.37. The van der Waals surface area contributed by atoms with Crippen LogP contribution < -0.4 is 10.6 Å². The molecule has 1 aromatic rings. The molecule has 94 valence electrons. The van der Waals surface area contributed by atoms with Gasteiger partial charge in [0.1, 0.15) is 0 Å². The summed E-state index contributed by atoms with van der Waals surface area (Å²) >= 11 is 0. The first kappa shape index (κ1) is 10.9. The Balaban J connectivity index is 2.02. The predicted octanol–water partition coefficient (Wildman–Crippen LogP) is 0.750. The smallest absolute Gasteiger partial charge is 0.319 e. The van der Waals surface area contributed by atoms with Gasteiger partial charge in [-0.15, -0.1) is 0 Å². The van der Waals surface area contributed by atoms with Crippen molar-refractivity contribution < 1.29 is 14.0 Å². The second-order valence-corrected chi connectivity index (χ2v) is 4.30. The lowest BCUT2D eigenvalue weighted by molar-refractivity contribution is -0.125. The van der Waals surface area contributed by atoms with Crippen molar-refractivity contribution in [1.29, 1.82) is 0 Å². The highest BCUT2D eigenvalue weighted by atomic mass is 16.3. The molecule has 3 heterocycles. The van der Waals surface area contributed by atoms with Crippen LogP contribution in [0.25, 0.3) is 0 Å². The summed E-state index contributed by atoms with van der Waals surface area (Å²) in [7, 11) is 0. The van der Waals surface area contributed by atoms with Gasteiger partial charge < -0.3 is 20.0 Å². The van der Waals surface area contributed by atoms with Gasteiger partial charge in [-0.25, -0.2) is 4.79 Å². The lowest BCUT2D eigenvalue weighted by Crippen LogP contribution is -2.44. The Kier molecular flexibility index (Phi) is 2.36. The summed E-state index contributed by atoms with van der Waals surface area (Å²) in [4.78, 5) is 25.5. The number of nitrogens with one attached hydrogen (secondary N) is 2. The zero-order chi connectivity index (χ0) is 12.7. The Bertz CT molecular complexity index is 533. The van der Waals surface area contributed by atoms with Crippen molar-refractivity contribution in [3.05, 3.63) is 35.4 Å². The number of rotatable bonds is 2. The van der Waals surface area contributed by atoms with Gasteiger partial charge in [0.2, 0.25) is 0 Å². The van der Waals surface area contributed by atoms with Crippen LogP contribution in [0.1, 0.15) is 18.5 Å². The van der Waals surface area contributed by atoms with Gasteiger partial charge in [-0.3, -0.25) is 4.79 Å². The standard InChI is InChI=1S/C12H13N3O3/c1-2-15-5-8-9(11(15)16)10(14-12(17)13-8)7-3-4-18-6-7/h3-4,6,10H,2,5H2,1H3,(H2,13,14,17). The van der Waals surface area contributed by atoms with Gasteiger partial charge in [-0.05, 0) is 13.0 Å². The fraction of sp³-hybridized carbons (Fsp3) is 0.333. The van der Waals surface area contributed by atoms with Gasteiger partial charge in [-0.1, -0.05) is 0 Å². The molecule has 2 N–H and O–H groups in total. The summed E-state index contributed by atoms with van der Waals surface area (Å²) in [6, 6.07) is 1.05. The molecule has 0 spiro atoms. The molecule has 0 aromatic carbocycles. The normalized spacial score (nSPS) is 22.9. The second-order valence-electron chi connectivity index (χ2n) is 4.30. The van der Waals surface area contributed by atoms with Crippen LogP contribution in [0.15, 0.2) is 34.3 Å². The minimum atomic E-state index is -0.420. The number of nitrogens with zero attached hydrogens (tertiary/aromatic N) is 1. The molecule has 3 rings (SSSR count). The number of hydrogen-bond donors (Lipinski definition) is 2. The lowest BCUT2D eigenvalue weighted by Gasteiger charge is -2.24. The van der Waals surface area contributed by atoms with Gasteiger partial charge in [0, 0.05) is 12.1 Å². The largest absolute Gasteiger partial charge is 0.472 e. The van der Waals surface area contributed by atoms with Crippen LogP contribution in [0.2, 0.25) is 0 Å². The molecule has 2 aliphatic rings. The van der Waals surface area contributed by atoms with Crippen LogP contribution in [0.3, 0.4) is 0 Å². The molecule has 0 radical (unpaired) electrons. The maximum Gasteiger partial charge on any atom is 0.319 e. The van der Waals surface area contributed by atoms with Crippen molar-refractivity contribution in [1.82, 2.24) is 15.5 Å². The Morgan fingerprint density at radius 1 is 1.50 bits per heavy atom. The van der Waals surface area contributed by atoms with E-state index in [0.717, 1.165) is 5.56 Å². The van der Waals surface area contributed by atoms with E-state index in [2.05, 4.69) is 10.6 Å². The van der Waals surface area contributed by atoms with Gasteiger partial charge in [0.25, 0.3) is 5.91 Å². The molecule has 2 aliphatic heterocycles. The van der Waals surface area contributed by atoms with E-state index < -0.39 is 6.04 Å². The van der Waals surface area contributed by atoms with Crippen molar-refractivity contribution in [2.75, 3.05) is 13.1 Å². The topological polar surface area (TPSA) is 74.6 Å². The van der Waals surface area contributed by atoms with E-state index in [9.17, 15) is 9.59 Å². The van der Waals surface area contributed by atoms with Crippen LogP contribution in [0.4, 0.5) is 4.79 Å². The summed E-state index contributed by atoms with van der Waals surface area (Å²) in [6.07, 6.45) is 3.07. The SMILES string of the molecule is CCN1CC2=C(C1=O)C(c1ccoc1)NC(=O)N2. The Morgan fingerprint density at radius 2 is 2.33 bits per heavy atom. The van der Waals surface area contributed by atoms with E-state index in [1.54, 1.807) is 17.2 Å². The van der Waals surface area contributed by atoms with Crippen LogP contribution in [-0.4, -0.2) is 29.9 Å². The molecule has 0 bridgehead atoms. The molecule has 1 atom stereocenters. The second kappa shape index (κ2) is 3.90. The van der Waals surface area contributed by atoms with Crippen LogP contribution >= 0.6 is 0 Å². The van der Waals surface area contributed by atoms with Crippen molar-refractivity contribution in [3.8, 4) is 0 Å². The quantitative estimate of drug-likeness (QED) is 0.809. The van der Waals surface area contributed by atoms with Crippen LogP contribution in [-0.2, 0) is 4.79 Å². The molecule has 1 unspecified atom stereocenters. The van der Waals surface area contributed by atoms with Crippen molar-refractivity contribution in [2.45, 2.75) is 13.0 Å². The average Bonchev–Trinajstić information content (AvgIpc) is 2.96. The maximum atomic E-state index is 12.2. The van der Waals surface area contributed by atoms with E-state index in [1.807, 2.05) is 6.92 Å². The fourth-order valence-corrected chi connectivity index (χ4v) is 2.37. The highest BCUT2D eigenvalue weighted by molar-refractivity contribution is 6.01. The molecule has 0 saturated carbocycles. The van der Waals surface area contributed by atoms with E-state index in [0.29, 0.717) is 24.4 Å². The molecule has 0 fully saturated rings. The Labute approximate surface area is 104 Å². The third-order valence-corrected chi connectivity index (χ3v) is 3.28. The first-order valence-electron chi connectivity index (χ1n) is 5.82. The van der Waals surface area contributed by atoms with Crippen LogP contribution in [0, 0.1) is 0 Å². The molecule has 6 heteroatoms. The molecular weight excluding hydrogens is 234 g/mol. The first-order chi connectivity index (χ1) is 8.70. The Hall–Kier alpha value is -2.24. The lowest BCUT2D eigenvalue weighted by atomic mass is 9.99. The summed E-state index contributed by atoms with van der Waals surface area (Å²) in [5.74, 6) is -0.0359. The Morgan fingerprint density at radius 3 is 3.00 bits per heavy atom. The number of furan rings is 1. The molecular formula is C12H13N3O3. The van der Waals surface area contributed by atoms with Gasteiger partial charge >= 0.3 is 6.03 Å². The number of carbonyl (C=O) groups is 2. The number of amides is 3. The van der Waals surface area contributed by atoms with Gasteiger partial charge in [-0.2, -0.15) is 0 Å². The number of hydrogen-bond acceptors (Lipinski definition) is 3. The zero-order valence-corrected chi connectivity index (χ0v) is 9.90. The summed E-state index contributed by atoms with van der Waals surface area (Å²) < 4.78 is 5.02. The average molecular weight is 247 g/mol. The third kappa shape index (κ3) is 1.49. The first-order valence-corrected chi connectivity index (χ1v) is 5.82. The summed E-state index contributed by atoms with van der Waals surface area (Å²) in [5, 5.41) is 5.45. The van der Waals surface area contributed by atoms with E-state index in [-0.39, 0.29) is 11.9 Å². The summed E-state index contributed by atoms with van der Waals surface area (Å²) in [6.45, 7) is 3.00. The molecule has 1 aromatic heterocycles. The molecule has 3 amide bonds. The highest BCUT2D eigenvalue weighted by Gasteiger charge is 2.39. The monoisotopic (exact) mass is 247 g/mol. The van der Waals surface area contributed by atoms with E-state index in [4.69, 9.17) is 4.42 Å². The third-order valence-electron chi connectivity index (χ3n) is 3.28. The zero-order valence-electron chi connectivity index (χ0n) is 9.90. The highest BCUT2D eigenvalue weighted by Crippen LogP contribution is 2.32. The minimum absolute atomic E-state index is 0.0359. The maximum absolute atomic E-state index is 12.2. The minimum Gasteiger partial charge on any atom is -0.472 e. The number of carbonyl (C=O) groups excluding carboxylic acids is 2.